The van der Waals surface area contributed by atoms with E-state index in [0.29, 0.717) is 0 Å². The second-order valence-electron chi connectivity index (χ2n) is 4.28. The summed E-state index contributed by atoms with van der Waals surface area (Å²) >= 11 is 0. The minimum absolute atomic E-state index is 0. The van der Waals surface area contributed by atoms with E-state index in [2.05, 4.69) is 4.98 Å². The Balaban J connectivity index is 0.000000356. The highest BCUT2D eigenvalue weighted by Crippen LogP contribution is 2.24. The quantitative estimate of drug-likeness (QED) is 0.458. The number of aromatic amines is 1. The molecule has 1 N–H and O–H groups in total. The molecule has 0 saturated heterocycles. The van der Waals surface area contributed by atoms with Gasteiger partial charge in [-0.15, -0.1) is 0 Å². The molecule has 1 heterocycles. The second-order valence-corrected chi connectivity index (χ2v) is 4.28. The van der Waals surface area contributed by atoms with Crippen molar-refractivity contribution >= 4 is 18.2 Å². The molecule has 110 valence electrons. The SMILES string of the molecule is F[B-](F)(F)F.Fc1ccc2[nH]c(-c3ccccc3)cc2c1.[H+]. The molecule has 0 atom stereocenters. The van der Waals surface area contributed by atoms with Crippen molar-refractivity contribution in [1.29, 1.82) is 0 Å². The van der Waals surface area contributed by atoms with Crippen molar-refractivity contribution in [3.63, 3.8) is 0 Å². The highest BCUT2D eigenvalue weighted by molar-refractivity contribution is 6.50. The number of hydrogen-bond acceptors (Lipinski definition) is 0. The van der Waals surface area contributed by atoms with Crippen molar-refractivity contribution in [2.24, 2.45) is 0 Å². The van der Waals surface area contributed by atoms with Gasteiger partial charge >= 0.3 is 8.68 Å². The van der Waals surface area contributed by atoms with Crippen LogP contribution in [-0.4, -0.2) is 12.2 Å². The van der Waals surface area contributed by atoms with Gasteiger partial charge in [0.05, 0.1) is 0 Å². The Kier molecular flexibility index (Phi) is 4.30. The zero-order valence-electron chi connectivity index (χ0n) is 11.7. The van der Waals surface area contributed by atoms with Gasteiger partial charge in [0.1, 0.15) is 5.82 Å². The molecule has 7 heteroatoms. The summed E-state index contributed by atoms with van der Waals surface area (Å²) in [5, 5.41) is 0.902. The molecule has 1 aromatic heterocycles. The first kappa shape index (κ1) is 15.1. The summed E-state index contributed by atoms with van der Waals surface area (Å²) in [5.41, 5.74) is 3.08. The van der Waals surface area contributed by atoms with Crippen LogP contribution in [-0.2, 0) is 0 Å². The Bertz CT molecular complexity index is 721. The minimum atomic E-state index is -6.00. The molecule has 0 aliphatic rings. The maximum atomic E-state index is 13.0. The van der Waals surface area contributed by atoms with Crippen LogP contribution in [0.5, 0.6) is 0 Å². The van der Waals surface area contributed by atoms with Gasteiger partial charge in [0.15, 0.2) is 0 Å². The number of halogens is 5. The summed E-state index contributed by atoms with van der Waals surface area (Å²) in [6, 6.07) is 16.7. The molecule has 0 saturated carbocycles. The zero-order valence-corrected chi connectivity index (χ0v) is 10.7. The number of nitrogens with one attached hydrogen (secondary N) is 1. The number of rotatable bonds is 1. The summed E-state index contributed by atoms with van der Waals surface area (Å²) in [6.07, 6.45) is 0. The van der Waals surface area contributed by atoms with Crippen LogP contribution in [0.2, 0.25) is 0 Å². The van der Waals surface area contributed by atoms with Crippen LogP contribution in [0.3, 0.4) is 0 Å². The average molecular weight is 299 g/mol. The van der Waals surface area contributed by atoms with E-state index in [4.69, 9.17) is 0 Å². The molecular weight excluding hydrogens is 288 g/mol. The number of fused-ring (bicyclic) bond motifs is 1. The molecule has 0 aliphatic carbocycles. The standard InChI is InChI=1S/C14H10FN.BF4/c15-12-6-7-13-11(8-12)9-14(16-13)10-4-2-1-3-5-10;2-1(3,4)5/h1-9,16H;/q;-1/p+1. The van der Waals surface area contributed by atoms with Crippen molar-refractivity contribution in [3.05, 3.63) is 60.4 Å². The second kappa shape index (κ2) is 5.99. The van der Waals surface area contributed by atoms with Gasteiger partial charge in [-0.25, -0.2) is 4.39 Å². The molecule has 0 fully saturated rings. The van der Waals surface area contributed by atoms with E-state index in [9.17, 15) is 21.7 Å². The monoisotopic (exact) mass is 299 g/mol. The lowest BCUT2D eigenvalue weighted by Gasteiger charge is -1.94. The van der Waals surface area contributed by atoms with Gasteiger partial charge in [-0.1, -0.05) is 30.3 Å². The number of aromatic nitrogens is 1. The van der Waals surface area contributed by atoms with E-state index in [1.807, 2.05) is 36.4 Å². The lowest BCUT2D eigenvalue weighted by Crippen LogP contribution is -2.02. The van der Waals surface area contributed by atoms with Gasteiger partial charge in [0.2, 0.25) is 0 Å². The van der Waals surface area contributed by atoms with E-state index in [1.165, 1.54) is 12.1 Å². The van der Waals surface area contributed by atoms with Gasteiger partial charge in [0, 0.05) is 16.6 Å². The maximum Gasteiger partial charge on any atom is 1.00 e. The molecule has 0 radical (unpaired) electrons. The van der Waals surface area contributed by atoms with Crippen molar-refractivity contribution < 1.29 is 23.1 Å². The Morgan fingerprint density at radius 1 is 0.857 bits per heavy atom. The Hall–Kier alpha value is -2.31. The van der Waals surface area contributed by atoms with Crippen molar-refractivity contribution in [2.45, 2.75) is 0 Å². The van der Waals surface area contributed by atoms with E-state index in [0.717, 1.165) is 22.2 Å². The van der Waals surface area contributed by atoms with Gasteiger partial charge < -0.3 is 22.2 Å². The summed E-state index contributed by atoms with van der Waals surface area (Å²) in [5.74, 6) is -0.203. The highest BCUT2D eigenvalue weighted by atomic mass is 19.5. The third-order valence-corrected chi connectivity index (χ3v) is 2.67. The number of hydrogen-bond donors (Lipinski definition) is 1. The van der Waals surface area contributed by atoms with Crippen LogP contribution in [0.15, 0.2) is 54.6 Å². The van der Waals surface area contributed by atoms with Crippen LogP contribution >= 0.6 is 0 Å². The summed E-state index contributed by atoms with van der Waals surface area (Å²) in [7, 11) is -6.00. The summed E-state index contributed by atoms with van der Waals surface area (Å²) in [6.45, 7) is 0. The fourth-order valence-electron chi connectivity index (χ4n) is 1.88. The predicted molar refractivity (Wildman–Crippen MR) is 75.0 cm³/mol. The molecule has 3 rings (SSSR count). The van der Waals surface area contributed by atoms with Gasteiger partial charge in [-0.2, -0.15) is 0 Å². The molecule has 21 heavy (non-hydrogen) atoms. The van der Waals surface area contributed by atoms with Crippen molar-refractivity contribution in [2.75, 3.05) is 0 Å². The third-order valence-electron chi connectivity index (χ3n) is 2.67. The fraction of sp³-hybridized carbons (Fsp3) is 0. The Morgan fingerprint density at radius 2 is 1.48 bits per heavy atom. The van der Waals surface area contributed by atoms with Crippen molar-refractivity contribution in [1.82, 2.24) is 4.98 Å². The topological polar surface area (TPSA) is 15.8 Å². The summed E-state index contributed by atoms with van der Waals surface area (Å²) in [4.78, 5) is 3.27. The van der Waals surface area contributed by atoms with E-state index in [1.54, 1.807) is 6.07 Å². The average Bonchev–Trinajstić information content (AvgIpc) is 2.81. The summed E-state index contributed by atoms with van der Waals surface area (Å²) < 4.78 is 52.0. The van der Waals surface area contributed by atoms with Crippen LogP contribution in [0, 0.1) is 5.82 Å². The fourth-order valence-corrected chi connectivity index (χ4v) is 1.88. The molecule has 3 aromatic rings. The van der Waals surface area contributed by atoms with Crippen LogP contribution < -0.4 is 0 Å². The maximum absolute atomic E-state index is 13.0. The molecule has 2 aromatic carbocycles. The zero-order chi connectivity index (χ0) is 15.5. The Morgan fingerprint density at radius 3 is 2.10 bits per heavy atom. The predicted octanol–water partition coefficient (Wildman–Crippen LogP) is 5.39. The van der Waals surface area contributed by atoms with Gasteiger partial charge in [-0.3, -0.25) is 0 Å². The molecule has 0 bridgehead atoms. The first-order chi connectivity index (χ1) is 9.83. The molecule has 0 spiro atoms. The highest BCUT2D eigenvalue weighted by Gasteiger charge is 2.20. The van der Waals surface area contributed by atoms with Gasteiger partial charge in [0.25, 0.3) is 0 Å². The van der Waals surface area contributed by atoms with Crippen molar-refractivity contribution in [3.8, 4) is 11.3 Å². The lowest BCUT2D eigenvalue weighted by atomic mass is 10.1. The van der Waals surface area contributed by atoms with Crippen LogP contribution in [0.25, 0.3) is 22.2 Å². The largest absolute Gasteiger partial charge is 1.00 e. The lowest BCUT2D eigenvalue weighted by molar-refractivity contribution is 0.368. The number of H-pyrrole nitrogens is 1. The van der Waals surface area contributed by atoms with E-state index >= 15 is 0 Å². The normalized spacial score (nSPS) is 11.1. The smallest absolute Gasteiger partial charge is 0.418 e. The molecule has 1 nitrogen and oxygen atoms in total. The Labute approximate surface area is 119 Å². The van der Waals surface area contributed by atoms with E-state index in [-0.39, 0.29) is 7.24 Å². The molecule has 0 unspecified atom stereocenters. The first-order valence-electron chi connectivity index (χ1n) is 6.04. The first-order valence-corrected chi connectivity index (χ1v) is 6.04. The minimum Gasteiger partial charge on any atom is -0.418 e. The molecule has 0 amide bonds. The third kappa shape index (κ3) is 4.63. The van der Waals surface area contributed by atoms with Gasteiger partial charge in [-0.05, 0) is 29.8 Å². The van der Waals surface area contributed by atoms with E-state index < -0.39 is 7.25 Å². The molecule has 0 aliphatic heterocycles. The molecular formula is C14H11BF5N. The van der Waals surface area contributed by atoms with Crippen LogP contribution in [0.4, 0.5) is 21.7 Å². The van der Waals surface area contributed by atoms with Crippen LogP contribution in [0.1, 0.15) is 1.43 Å². The number of benzene rings is 2.